The number of pyridine rings is 1. The number of halogens is 1. The van der Waals surface area contributed by atoms with E-state index in [1.54, 1.807) is 19.1 Å². The van der Waals surface area contributed by atoms with Crippen molar-refractivity contribution in [1.82, 2.24) is 4.98 Å². The van der Waals surface area contributed by atoms with Crippen LogP contribution in [-0.2, 0) is 11.3 Å². The Morgan fingerprint density at radius 3 is 2.90 bits per heavy atom. The summed E-state index contributed by atoms with van der Waals surface area (Å²) in [5, 5.41) is 11.7. The number of hydrogen-bond donors (Lipinski definition) is 1. The van der Waals surface area contributed by atoms with Crippen LogP contribution in [0.4, 0.5) is 26.4 Å². The van der Waals surface area contributed by atoms with Gasteiger partial charge < -0.3 is 19.9 Å². The fourth-order valence-corrected chi connectivity index (χ4v) is 2.93. The van der Waals surface area contributed by atoms with Crippen LogP contribution in [0, 0.1) is 15.9 Å². The summed E-state index contributed by atoms with van der Waals surface area (Å²) in [5.41, 5.74) is 5.55. The Morgan fingerprint density at radius 2 is 2.16 bits per heavy atom. The van der Waals surface area contributed by atoms with Crippen LogP contribution in [0.25, 0.3) is 0 Å². The number of nitrogen functional groups attached to an aromatic ring is 1. The van der Waals surface area contributed by atoms with Gasteiger partial charge in [-0.2, -0.15) is 4.98 Å². The average Bonchev–Trinajstić information content (AvgIpc) is 2.72. The van der Waals surface area contributed by atoms with Crippen LogP contribution in [0.1, 0.15) is 18.9 Å². The first-order valence-electron chi connectivity index (χ1n) is 9.49. The number of amides is 1. The van der Waals surface area contributed by atoms with Gasteiger partial charge in [0.1, 0.15) is 12.3 Å². The van der Waals surface area contributed by atoms with Crippen molar-refractivity contribution in [3.05, 3.63) is 57.9 Å². The Bertz CT molecular complexity index is 1010. The molecule has 0 saturated carbocycles. The molecule has 164 valence electrons. The van der Waals surface area contributed by atoms with E-state index in [0.717, 1.165) is 4.90 Å². The molecule has 0 saturated heterocycles. The Morgan fingerprint density at radius 1 is 1.35 bits per heavy atom. The monoisotopic (exact) mass is 432 g/mol. The second kappa shape index (κ2) is 9.74. The SMILES string of the molecule is CCOC(=O)N1Cc2ccc(F)c(c2)OCC/C=C/COc2cc1c([N+](=O)[O-])c(N)n2. The van der Waals surface area contributed by atoms with E-state index in [9.17, 15) is 19.3 Å². The number of ether oxygens (including phenoxy) is 3. The Hall–Kier alpha value is -3.89. The second-order valence-corrected chi connectivity index (χ2v) is 6.44. The highest BCUT2D eigenvalue weighted by atomic mass is 19.1. The highest BCUT2D eigenvalue weighted by Crippen LogP contribution is 2.37. The third-order valence-corrected chi connectivity index (χ3v) is 4.31. The molecule has 0 spiro atoms. The van der Waals surface area contributed by atoms with Gasteiger partial charge in [0.2, 0.25) is 11.7 Å². The van der Waals surface area contributed by atoms with Gasteiger partial charge in [0.15, 0.2) is 11.6 Å². The molecule has 0 radical (unpaired) electrons. The van der Waals surface area contributed by atoms with Gasteiger partial charge in [0.25, 0.3) is 0 Å². The van der Waals surface area contributed by atoms with E-state index in [2.05, 4.69) is 4.98 Å². The van der Waals surface area contributed by atoms with Crippen molar-refractivity contribution in [3.63, 3.8) is 0 Å². The molecule has 0 aliphatic carbocycles. The van der Waals surface area contributed by atoms with E-state index in [1.807, 2.05) is 0 Å². The van der Waals surface area contributed by atoms with Gasteiger partial charge in [0, 0.05) is 6.07 Å². The lowest BCUT2D eigenvalue weighted by atomic mass is 10.1. The maximum absolute atomic E-state index is 14.1. The molecule has 0 fully saturated rings. The number of rotatable bonds is 2. The van der Waals surface area contributed by atoms with Crippen molar-refractivity contribution >= 4 is 23.3 Å². The fraction of sp³-hybridized carbons (Fsp3) is 0.300. The number of carbonyl (C=O) groups excluding carboxylic acids is 1. The van der Waals surface area contributed by atoms with Gasteiger partial charge in [-0.15, -0.1) is 0 Å². The number of benzene rings is 1. The summed E-state index contributed by atoms with van der Waals surface area (Å²) in [7, 11) is 0. The van der Waals surface area contributed by atoms with E-state index < -0.39 is 28.3 Å². The number of carbonyl (C=O) groups is 1. The molecule has 11 heteroatoms. The van der Waals surface area contributed by atoms with Crippen LogP contribution in [0.5, 0.6) is 11.6 Å². The van der Waals surface area contributed by atoms with Crippen LogP contribution in [0.15, 0.2) is 36.4 Å². The Balaban J connectivity index is 2.16. The largest absolute Gasteiger partial charge is 0.490 e. The predicted molar refractivity (Wildman–Crippen MR) is 110 cm³/mol. The summed E-state index contributed by atoms with van der Waals surface area (Å²) in [4.78, 5) is 28.6. The van der Waals surface area contributed by atoms with E-state index in [-0.39, 0.29) is 43.7 Å². The molecule has 4 bridgehead atoms. The molecule has 1 amide bonds. The van der Waals surface area contributed by atoms with Crippen LogP contribution in [-0.4, -0.2) is 35.8 Å². The quantitative estimate of drug-likeness (QED) is 0.433. The molecule has 10 nitrogen and oxygen atoms in total. The van der Waals surface area contributed by atoms with Crippen molar-refractivity contribution in [2.45, 2.75) is 19.9 Å². The fourth-order valence-electron chi connectivity index (χ4n) is 2.93. The maximum atomic E-state index is 14.1. The minimum absolute atomic E-state index is 0.00275. The summed E-state index contributed by atoms with van der Waals surface area (Å²) < 4.78 is 30.2. The molecule has 0 unspecified atom stereocenters. The zero-order valence-corrected chi connectivity index (χ0v) is 16.7. The van der Waals surface area contributed by atoms with E-state index in [0.29, 0.717) is 12.0 Å². The normalized spacial score (nSPS) is 15.0. The average molecular weight is 432 g/mol. The number of hydrogen-bond acceptors (Lipinski definition) is 8. The second-order valence-electron chi connectivity index (χ2n) is 6.44. The van der Waals surface area contributed by atoms with E-state index in [1.165, 1.54) is 24.3 Å². The van der Waals surface area contributed by atoms with Gasteiger partial charge >= 0.3 is 11.8 Å². The van der Waals surface area contributed by atoms with Crippen LogP contribution >= 0.6 is 0 Å². The standard InChI is InChI=1S/C20H21FN4O6/c1-2-29-20(26)24-12-13-6-7-14(21)16(10-13)30-8-4-3-5-9-31-17-11-15(24)18(25(27)28)19(22)23-17/h3,5-7,10-11H,2,4,8-9,12H2,1H3,(H2,22,23)/b5-3+. The summed E-state index contributed by atoms with van der Waals surface area (Å²) in [6, 6.07) is 5.32. The van der Waals surface area contributed by atoms with Gasteiger partial charge in [-0.05, 0) is 31.0 Å². The summed E-state index contributed by atoms with van der Waals surface area (Å²) in [6.07, 6.45) is 3.13. The minimum atomic E-state index is -0.849. The summed E-state index contributed by atoms with van der Waals surface area (Å²) in [6.45, 7) is 1.80. The van der Waals surface area contributed by atoms with Crippen LogP contribution in [0.3, 0.4) is 0 Å². The Labute approximate surface area is 177 Å². The number of fused-ring (bicyclic) bond motifs is 4. The molecule has 1 aromatic carbocycles. The van der Waals surface area contributed by atoms with Crippen LogP contribution < -0.4 is 20.1 Å². The highest BCUT2D eigenvalue weighted by Gasteiger charge is 2.30. The molecular formula is C20H21FN4O6. The lowest BCUT2D eigenvalue weighted by Crippen LogP contribution is -2.32. The molecule has 2 N–H and O–H groups in total. The smallest absolute Gasteiger partial charge is 0.414 e. The molecule has 2 heterocycles. The molecule has 2 aromatic rings. The number of anilines is 2. The minimum Gasteiger partial charge on any atom is -0.490 e. The molecule has 31 heavy (non-hydrogen) atoms. The van der Waals surface area contributed by atoms with Gasteiger partial charge in [0.05, 0.1) is 24.7 Å². The first-order chi connectivity index (χ1) is 14.9. The van der Waals surface area contributed by atoms with Crippen LogP contribution in [0.2, 0.25) is 0 Å². The van der Waals surface area contributed by atoms with Crippen molar-refractivity contribution in [2.24, 2.45) is 0 Å². The zero-order valence-electron chi connectivity index (χ0n) is 16.7. The third kappa shape index (κ3) is 5.18. The molecule has 0 atom stereocenters. The lowest BCUT2D eigenvalue weighted by Gasteiger charge is -2.23. The van der Waals surface area contributed by atoms with Crippen molar-refractivity contribution < 1.29 is 28.3 Å². The third-order valence-electron chi connectivity index (χ3n) is 4.31. The lowest BCUT2D eigenvalue weighted by molar-refractivity contribution is -0.383. The van der Waals surface area contributed by atoms with E-state index in [4.69, 9.17) is 19.9 Å². The highest BCUT2D eigenvalue weighted by molar-refractivity contribution is 5.92. The van der Waals surface area contributed by atoms with Crippen molar-refractivity contribution in [2.75, 3.05) is 30.5 Å². The summed E-state index contributed by atoms with van der Waals surface area (Å²) >= 11 is 0. The zero-order chi connectivity index (χ0) is 22.4. The molecule has 1 aromatic heterocycles. The number of aromatic nitrogens is 1. The molecule has 1 aliphatic rings. The van der Waals surface area contributed by atoms with Gasteiger partial charge in [-0.25, -0.2) is 9.18 Å². The van der Waals surface area contributed by atoms with Gasteiger partial charge in [-0.1, -0.05) is 18.2 Å². The number of nitrogens with zero attached hydrogens (tertiary/aromatic N) is 3. The topological polar surface area (TPSA) is 130 Å². The van der Waals surface area contributed by atoms with Gasteiger partial charge in [-0.3, -0.25) is 15.0 Å². The molecule has 3 rings (SSSR count). The molecule has 1 aliphatic heterocycles. The predicted octanol–water partition coefficient (Wildman–Crippen LogP) is 3.59. The first-order valence-corrected chi connectivity index (χ1v) is 9.49. The Kier molecular flexibility index (Phi) is 6.85. The van der Waals surface area contributed by atoms with Crippen molar-refractivity contribution in [3.8, 4) is 11.6 Å². The maximum Gasteiger partial charge on any atom is 0.414 e. The van der Waals surface area contributed by atoms with E-state index >= 15 is 0 Å². The summed E-state index contributed by atoms with van der Waals surface area (Å²) in [5.74, 6) is -0.971. The number of nitrogens with two attached hydrogens (primary N) is 1. The number of nitro groups is 1. The molecular weight excluding hydrogens is 411 g/mol. The first kappa shape index (κ1) is 21.8. The van der Waals surface area contributed by atoms with Crippen molar-refractivity contribution in [1.29, 1.82) is 0 Å².